The van der Waals surface area contributed by atoms with Gasteiger partial charge in [-0.1, -0.05) is 26.0 Å². The third kappa shape index (κ3) is 3.52. The van der Waals surface area contributed by atoms with Crippen LogP contribution in [0.2, 0.25) is 0 Å². The van der Waals surface area contributed by atoms with E-state index >= 15 is 0 Å². The summed E-state index contributed by atoms with van der Waals surface area (Å²) in [5.41, 5.74) is 0. The molecule has 1 unspecified atom stereocenters. The van der Waals surface area contributed by atoms with Crippen molar-refractivity contribution in [1.82, 2.24) is 0 Å². The molecule has 2 nitrogen and oxygen atoms in total. The quantitative estimate of drug-likeness (QED) is 0.748. The van der Waals surface area contributed by atoms with Crippen LogP contribution in [0, 0.1) is 17.8 Å². The summed E-state index contributed by atoms with van der Waals surface area (Å²) >= 11 is 0. The van der Waals surface area contributed by atoms with E-state index in [2.05, 4.69) is 26.0 Å². The largest absolute Gasteiger partial charge is 0.481 e. The first-order valence-corrected chi connectivity index (χ1v) is 5.35. The van der Waals surface area contributed by atoms with Gasteiger partial charge >= 0.3 is 5.97 Å². The number of carboxylic acids is 1. The highest BCUT2D eigenvalue weighted by atomic mass is 16.4. The molecule has 0 heterocycles. The average molecular weight is 195 g/mol. The molecular formula is C12H19O2. The molecule has 1 aliphatic carbocycles. The molecule has 1 atom stereocenters. The maximum absolute atomic E-state index is 10.4. The molecule has 0 aromatic carbocycles. The van der Waals surface area contributed by atoms with Gasteiger partial charge in [-0.05, 0) is 37.0 Å². The smallest absolute Gasteiger partial charge is 0.303 e. The number of carboxylic acid groups (broad SMARTS) is 1. The minimum atomic E-state index is -0.683. The third-order valence-electron chi connectivity index (χ3n) is 2.86. The molecule has 14 heavy (non-hydrogen) atoms. The van der Waals surface area contributed by atoms with Gasteiger partial charge in [-0.2, -0.15) is 0 Å². The minimum absolute atomic E-state index is 0.298. The van der Waals surface area contributed by atoms with E-state index in [1.54, 1.807) is 0 Å². The van der Waals surface area contributed by atoms with E-state index in [0.29, 0.717) is 18.3 Å². The summed E-state index contributed by atoms with van der Waals surface area (Å²) in [6.07, 6.45) is 7.72. The lowest BCUT2D eigenvalue weighted by Gasteiger charge is -2.24. The summed E-state index contributed by atoms with van der Waals surface area (Å²) in [6, 6.07) is 0. The van der Waals surface area contributed by atoms with Crippen molar-refractivity contribution in [1.29, 1.82) is 0 Å². The number of allylic oxidation sites excluding steroid dienone is 2. The van der Waals surface area contributed by atoms with Gasteiger partial charge in [0.2, 0.25) is 0 Å². The lowest BCUT2D eigenvalue weighted by atomic mass is 9.81. The number of hydrogen-bond acceptors (Lipinski definition) is 1. The van der Waals surface area contributed by atoms with E-state index in [1.807, 2.05) is 0 Å². The molecule has 0 fully saturated rings. The monoisotopic (exact) mass is 195 g/mol. The fraction of sp³-hybridized carbons (Fsp3) is 0.667. The van der Waals surface area contributed by atoms with E-state index in [0.717, 1.165) is 19.3 Å². The predicted molar refractivity (Wildman–Crippen MR) is 56.8 cm³/mol. The Hall–Kier alpha value is -0.790. The second-order valence-electron chi connectivity index (χ2n) is 4.32. The molecule has 0 spiro atoms. The van der Waals surface area contributed by atoms with Gasteiger partial charge in [0, 0.05) is 6.42 Å². The van der Waals surface area contributed by atoms with Crippen molar-refractivity contribution in [3.8, 4) is 0 Å². The van der Waals surface area contributed by atoms with Gasteiger partial charge in [0.05, 0.1) is 0 Å². The van der Waals surface area contributed by atoms with E-state index < -0.39 is 5.97 Å². The molecule has 0 aromatic rings. The zero-order valence-electron chi connectivity index (χ0n) is 8.99. The molecular weight excluding hydrogens is 176 g/mol. The van der Waals surface area contributed by atoms with Crippen LogP contribution in [0.1, 0.15) is 39.5 Å². The van der Waals surface area contributed by atoms with E-state index in [9.17, 15) is 4.79 Å². The Morgan fingerprint density at radius 1 is 1.64 bits per heavy atom. The molecule has 1 aliphatic rings. The highest BCUT2D eigenvalue weighted by molar-refractivity contribution is 5.66. The van der Waals surface area contributed by atoms with Crippen LogP contribution in [0.4, 0.5) is 0 Å². The Morgan fingerprint density at radius 3 is 2.79 bits per heavy atom. The summed E-state index contributed by atoms with van der Waals surface area (Å²) in [7, 11) is 0. The highest BCUT2D eigenvalue weighted by Gasteiger charge is 2.18. The normalized spacial score (nSPS) is 22.9. The molecule has 0 amide bonds. The molecule has 0 bridgehead atoms. The van der Waals surface area contributed by atoms with Crippen LogP contribution in [-0.4, -0.2) is 11.1 Å². The van der Waals surface area contributed by atoms with Gasteiger partial charge in [0.1, 0.15) is 0 Å². The molecule has 0 aliphatic heterocycles. The Labute approximate surface area is 86.0 Å². The van der Waals surface area contributed by atoms with Crippen molar-refractivity contribution < 1.29 is 9.90 Å². The van der Waals surface area contributed by atoms with Crippen LogP contribution in [0.15, 0.2) is 12.2 Å². The standard InChI is InChI=1S/C12H19O2/c1-9(2)11-6-3-10(4-7-11)5-8-12(13)14/h3,6,9-10H,4-5,7-8H2,1-2H3,(H,13,14). The minimum Gasteiger partial charge on any atom is -0.481 e. The van der Waals surface area contributed by atoms with Crippen molar-refractivity contribution in [3.05, 3.63) is 18.1 Å². The van der Waals surface area contributed by atoms with Crippen molar-refractivity contribution >= 4 is 5.97 Å². The highest BCUT2D eigenvalue weighted by Crippen LogP contribution is 2.31. The molecule has 1 N–H and O–H groups in total. The van der Waals surface area contributed by atoms with Gasteiger partial charge in [-0.25, -0.2) is 0 Å². The van der Waals surface area contributed by atoms with Crippen molar-refractivity contribution in [2.45, 2.75) is 39.5 Å². The first kappa shape index (κ1) is 11.3. The third-order valence-corrected chi connectivity index (χ3v) is 2.86. The summed E-state index contributed by atoms with van der Waals surface area (Å²) in [5, 5.41) is 8.56. The second kappa shape index (κ2) is 5.18. The van der Waals surface area contributed by atoms with Gasteiger partial charge in [-0.3, -0.25) is 4.79 Å². The summed E-state index contributed by atoms with van der Waals surface area (Å²) < 4.78 is 0. The SMILES string of the molecule is CC(C)[C]1C=CC(CCC(=O)O)CC1. The van der Waals surface area contributed by atoms with Crippen LogP contribution in [0.25, 0.3) is 0 Å². The number of carbonyl (C=O) groups is 1. The first-order valence-electron chi connectivity index (χ1n) is 5.35. The van der Waals surface area contributed by atoms with Gasteiger partial charge < -0.3 is 5.11 Å². The molecule has 79 valence electrons. The van der Waals surface area contributed by atoms with Gasteiger partial charge in [0.15, 0.2) is 0 Å². The Bertz CT molecular complexity index is 218. The van der Waals surface area contributed by atoms with E-state index in [-0.39, 0.29) is 0 Å². The fourth-order valence-corrected chi connectivity index (χ4v) is 1.82. The van der Waals surface area contributed by atoms with Crippen molar-refractivity contribution in [3.63, 3.8) is 0 Å². The van der Waals surface area contributed by atoms with Crippen molar-refractivity contribution in [2.75, 3.05) is 0 Å². The molecule has 0 saturated carbocycles. The van der Waals surface area contributed by atoms with Crippen LogP contribution in [0.3, 0.4) is 0 Å². The molecule has 1 radical (unpaired) electrons. The van der Waals surface area contributed by atoms with Gasteiger partial charge in [0.25, 0.3) is 0 Å². The summed E-state index contributed by atoms with van der Waals surface area (Å²) in [5.74, 6) is 1.92. The predicted octanol–water partition coefficient (Wildman–Crippen LogP) is 3.05. The topological polar surface area (TPSA) is 37.3 Å². The molecule has 0 saturated heterocycles. The molecule has 1 rings (SSSR count). The number of rotatable bonds is 4. The Kier molecular flexibility index (Phi) is 4.18. The van der Waals surface area contributed by atoms with Crippen LogP contribution in [0.5, 0.6) is 0 Å². The lowest BCUT2D eigenvalue weighted by molar-refractivity contribution is -0.137. The number of aliphatic carboxylic acids is 1. The maximum atomic E-state index is 10.4. The van der Waals surface area contributed by atoms with Crippen LogP contribution >= 0.6 is 0 Å². The van der Waals surface area contributed by atoms with E-state index in [4.69, 9.17) is 5.11 Å². The first-order chi connectivity index (χ1) is 6.59. The van der Waals surface area contributed by atoms with Gasteiger partial charge in [-0.15, -0.1) is 0 Å². The summed E-state index contributed by atoms with van der Waals surface area (Å²) in [6.45, 7) is 4.41. The average Bonchev–Trinajstić information content (AvgIpc) is 2.15. The molecule has 2 heteroatoms. The zero-order valence-corrected chi connectivity index (χ0v) is 8.99. The van der Waals surface area contributed by atoms with Crippen molar-refractivity contribution in [2.24, 2.45) is 11.8 Å². The van der Waals surface area contributed by atoms with Crippen LogP contribution in [-0.2, 0) is 4.79 Å². The Balaban J connectivity index is 2.32. The van der Waals surface area contributed by atoms with Crippen LogP contribution < -0.4 is 0 Å². The van der Waals surface area contributed by atoms with E-state index in [1.165, 1.54) is 5.92 Å². The molecule has 0 aromatic heterocycles. The fourth-order valence-electron chi connectivity index (χ4n) is 1.82. The maximum Gasteiger partial charge on any atom is 0.303 e. The Morgan fingerprint density at radius 2 is 2.36 bits per heavy atom. The second-order valence-corrected chi connectivity index (χ2v) is 4.32. The summed E-state index contributed by atoms with van der Waals surface area (Å²) in [4.78, 5) is 10.4. The lowest BCUT2D eigenvalue weighted by Crippen LogP contribution is -2.12. The zero-order chi connectivity index (χ0) is 10.6. The number of hydrogen-bond donors (Lipinski definition) is 1.